The number of anilines is 1. The van der Waals surface area contributed by atoms with E-state index in [1.165, 1.54) is 36.1 Å². The van der Waals surface area contributed by atoms with Gasteiger partial charge in [0.2, 0.25) is 0 Å². The molecule has 4 heterocycles. The number of aryl methyl sites for hydroxylation is 1. The molecule has 0 saturated carbocycles. The van der Waals surface area contributed by atoms with Crippen molar-refractivity contribution in [1.29, 1.82) is 0 Å². The third-order valence-corrected chi connectivity index (χ3v) is 6.50. The lowest BCUT2D eigenvalue weighted by atomic mass is 9.78. The van der Waals surface area contributed by atoms with Gasteiger partial charge in [0.05, 0.1) is 35.6 Å². The van der Waals surface area contributed by atoms with Crippen molar-refractivity contribution in [3.05, 3.63) is 63.5 Å². The van der Waals surface area contributed by atoms with E-state index in [0.29, 0.717) is 31.7 Å². The van der Waals surface area contributed by atoms with Crippen LogP contribution in [0.25, 0.3) is 11.0 Å². The fraction of sp³-hybridized carbons (Fsp3) is 0.391. The van der Waals surface area contributed by atoms with Crippen molar-refractivity contribution in [2.24, 2.45) is 12.5 Å². The van der Waals surface area contributed by atoms with Gasteiger partial charge >= 0.3 is 0 Å². The molecule has 1 aromatic carbocycles. The third kappa shape index (κ3) is 3.51. The van der Waals surface area contributed by atoms with Crippen molar-refractivity contribution >= 4 is 22.8 Å². The summed E-state index contributed by atoms with van der Waals surface area (Å²) in [6, 6.07) is 4.52. The van der Waals surface area contributed by atoms with Gasteiger partial charge in [0.1, 0.15) is 29.2 Å². The SMILES string of the molecule is C[C@@H](Nc1ncnc2c1cc(C(=O)N1CC3(COC3)C1)c(=O)n2C)c1cccc(C(F)F)c1F. The predicted molar refractivity (Wildman–Crippen MR) is 117 cm³/mol. The van der Waals surface area contributed by atoms with Gasteiger partial charge in [-0.25, -0.2) is 23.1 Å². The van der Waals surface area contributed by atoms with Crippen LogP contribution in [0.3, 0.4) is 0 Å². The zero-order chi connectivity index (χ0) is 24.2. The van der Waals surface area contributed by atoms with E-state index >= 15 is 0 Å². The molecular weight excluding hydrogens is 451 g/mol. The molecule has 2 fully saturated rings. The molecule has 1 amide bonds. The monoisotopic (exact) mass is 473 g/mol. The highest BCUT2D eigenvalue weighted by molar-refractivity contribution is 5.99. The summed E-state index contributed by atoms with van der Waals surface area (Å²) in [5, 5.41) is 3.40. The zero-order valence-corrected chi connectivity index (χ0v) is 18.5. The van der Waals surface area contributed by atoms with Crippen molar-refractivity contribution in [3.8, 4) is 0 Å². The second-order valence-electron chi connectivity index (χ2n) is 8.95. The number of pyridine rings is 1. The van der Waals surface area contributed by atoms with Gasteiger partial charge < -0.3 is 15.0 Å². The highest BCUT2D eigenvalue weighted by Gasteiger charge is 2.51. The second-order valence-corrected chi connectivity index (χ2v) is 8.95. The molecule has 3 aromatic rings. The van der Waals surface area contributed by atoms with E-state index in [2.05, 4.69) is 15.3 Å². The summed E-state index contributed by atoms with van der Waals surface area (Å²) >= 11 is 0. The fourth-order valence-electron chi connectivity index (χ4n) is 4.54. The minimum absolute atomic E-state index is 0.000160. The largest absolute Gasteiger partial charge is 0.380 e. The van der Waals surface area contributed by atoms with E-state index in [-0.39, 0.29) is 28.0 Å². The van der Waals surface area contributed by atoms with Gasteiger partial charge in [-0.05, 0) is 13.0 Å². The zero-order valence-electron chi connectivity index (χ0n) is 18.5. The maximum absolute atomic E-state index is 14.7. The number of ether oxygens (including phenoxy) is 1. The Morgan fingerprint density at radius 1 is 1.21 bits per heavy atom. The van der Waals surface area contributed by atoms with E-state index in [1.807, 2.05) is 0 Å². The average molecular weight is 473 g/mol. The quantitative estimate of drug-likeness (QED) is 0.613. The third-order valence-electron chi connectivity index (χ3n) is 6.50. The first-order chi connectivity index (χ1) is 16.2. The molecule has 11 heteroatoms. The molecule has 178 valence electrons. The molecule has 2 aliphatic rings. The van der Waals surface area contributed by atoms with Crippen molar-refractivity contribution in [3.63, 3.8) is 0 Å². The normalized spacial score (nSPS) is 17.5. The molecule has 1 atom stereocenters. The second kappa shape index (κ2) is 8.08. The molecule has 0 bridgehead atoms. The Hall–Kier alpha value is -3.47. The summed E-state index contributed by atoms with van der Waals surface area (Å²) in [4.78, 5) is 35.9. The fourth-order valence-corrected chi connectivity index (χ4v) is 4.54. The summed E-state index contributed by atoms with van der Waals surface area (Å²) in [5.74, 6) is -1.14. The van der Waals surface area contributed by atoms with E-state index in [9.17, 15) is 22.8 Å². The lowest BCUT2D eigenvalue weighted by Crippen LogP contribution is -2.67. The lowest BCUT2D eigenvalue weighted by Gasteiger charge is -2.54. The van der Waals surface area contributed by atoms with Crippen molar-refractivity contribution in [2.45, 2.75) is 19.4 Å². The van der Waals surface area contributed by atoms with Crippen LogP contribution in [0.4, 0.5) is 19.0 Å². The number of likely N-dealkylation sites (tertiary alicyclic amines) is 1. The van der Waals surface area contributed by atoms with Gasteiger partial charge in [0, 0.05) is 25.7 Å². The van der Waals surface area contributed by atoms with E-state index in [0.717, 1.165) is 6.07 Å². The average Bonchev–Trinajstić information content (AvgIpc) is 2.74. The van der Waals surface area contributed by atoms with Crippen LogP contribution in [-0.2, 0) is 11.8 Å². The molecule has 0 aliphatic carbocycles. The molecule has 1 N–H and O–H groups in total. The topological polar surface area (TPSA) is 89.4 Å². The number of aromatic nitrogens is 3. The Bertz CT molecular complexity index is 1350. The number of alkyl halides is 2. The molecule has 2 aliphatic heterocycles. The number of halogens is 3. The molecule has 8 nitrogen and oxygen atoms in total. The number of hydrogen-bond acceptors (Lipinski definition) is 6. The Morgan fingerprint density at radius 3 is 2.56 bits per heavy atom. The van der Waals surface area contributed by atoms with Gasteiger partial charge in [0.15, 0.2) is 0 Å². The summed E-state index contributed by atoms with van der Waals surface area (Å²) in [6.07, 6.45) is -1.71. The molecule has 0 unspecified atom stereocenters. The Labute approximate surface area is 192 Å². The van der Waals surface area contributed by atoms with E-state index in [1.54, 1.807) is 11.8 Å². The molecule has 1 spiro atoms. The summed E-state index contributed by atoms with van der Waals surface area (Å²) in [6.45, 7) is 3.88. The minimum Gasteiger partial charge on any atom is -0.380 e. The number of amides is 1. The van der Waals surface area contributed by atoms with Crippen LogP contribution >= 0.6 is 0 Å². The first-order valence-corrected chi connectivity index (χ1v) is 10.8. The van der Waals surface area contributed by atoms with Gasteiger partial charge in [-0.3, -0.25) is 14.2 Å². The maximum Gasteiger partial charge on any atom is 0.266 e. The van der Waals surface area contributed by atoms with Crippen LogP contribution in [0.2, 0.25) is 0 Å². The van der Waals surface area contributed by atoms with Crippen LogP contribution < -0.4 is 10.9 Å². The van der Waals surface area contributed by atoms with Gasteiger partial charge in [0.25, 0.3) is 17.9 Å². The summed E-state index contributed by atoms with van der Waals surface area (Å²) in [5.41, 5.74) is -0.879. The molecular formula is C23H22F3N5O3. The van der Waals surface area contributed by atoms with Crippen molar-refractivity contribution < 1.29 is 22.7 Å². The van der Waals surface area contributed by atoms with Crippen LogP contribution in [0.1, 0.15) is 40.9 Å². The standard InChI is InChI=1S/C23H22F3N5O3/c1-12(13-4-3-5-14(17(13)24)18(25)26)29-19-15-6-16(21(32)30(2)20(15)28-11-27-19)22(33)31-7-23(8-31)9-34-10-23/h3-6,11-12,18H,7-10H2,1-2H3,(H,27,28,29)/t12-/m1/s1. The molecule has 5 rings (SSSR count). The lowest BCUT2D eigenvalue weighted by molar-refractivity contribution is -0.176. The number of nitrogens with zero attached hydrogens (tertiary/aromatic N) is 4. The van der Waals surface area contributed by atoms with Crippen LogP contribution in [0.5, 0.6) is 0 Å². The highest BCUT2D eigenvalue weighted by Crippen LogP contribution is 2.38. The number of benzene rings is 1. The minimum atomic E-state index is -2.94. The first kappa shape index (κ1) is 22.3. The number of carbonyl (C=O) groups is 1. The number of fused-ring (bicyclic) bond motifs is 1. The predicted octanol–water partition coefficient (Wildman–Crippen LogP) is 3.05. The number of rotatable bonds is 5. The molecule has 2 saturated heterocycles. The van der Waals surface area contributed by atoms with Gasteiger partial charge in [-0.1, -0.05) is 18.2 Å². The smallest absolute Gasteiger partial charge is 0.266 e. The van der Waals surface area contributed by atoms with E-state index in [4.69, 9.17) is 4.74 Å². The van der Waals surface area contributed by atoms with Crippen molar-refractivity contribution in [1.82, 2.24) is 19.4 Å². The summed E-state index contributed by atoms with van der Waals surface area (Å²) < 4.78 is 47.4. The van der Waals surface area contributed by atoms with Gasteiger partial charge in [-0.15, -0.1) is 0 Å². The highest BCUT2D eigenvalue weighted by atomic mass is 19.3. The Kier molecular flexibility index (Phi) is 5.31. The summed E-state index contributed by atoms with van der Waals surface area (Å²) in [7, 11) is 1.50. The van der Waals surface area contributed by atoms with Crippen LogP contribution in [0, 0.1) is 11.2 Å². The molecule has 0 radical (unpaired) electrons. The number of nitrogens with one attached hydrogen (secondary N) is 1. The Morgan fingerprint density at radius 2 is 1.91 bits per heavy atom. The number of hydrogen-bond donors (Lipinski definition) is 1. The Balaban J connectivity index is 1.49. The molecule has 2 aromatic heterocycles. The maximum atomic E-state index is 14.7. The van der Waals surface area contributed by atoms with Crippen LogP contribution in [-0.4, -0.2) is 51.6 Å². The van der Waals surface area contributed by atoms with Crippen molar-refractivity contribution in [2.75, 3.05) is 31.6 Å². The number of carbonyl (C=O) groups excluding carboxylic acids is 1. The first-order valence-electron chi connectivity index (χ1n) is 10.8. The van der Waals surface area contributed by atoms with Gasteiger partial charge in [-0.2, -0.15) is 0 Å². The van der Waals surface area contributed by atoms with Crippen LogP contribution in [0.15, 0.2) is 35.4 Å². The van der Waals surface area contributed by atoms with E-state index < -0.39 is 35.3 Å². The molecule has 34 heavy (non-hydrogen) atoms.